The second-order valence-corrected chi connectivity index (χ2v) is 5.59. The molecule has 0 fully saturated rings. The number of aromatic nitrogens is 1. The standard InChI is InChI=1S/C14H21NO5/c1-9(6-7-11(16)20-14(2,3)4)12-15-10(8-19-12)13(17)18-5/h8-9H,6-7H2,1-5H3/t9-/m1/s1. The van der Waals surface area contributed by atoms with Crippen LogP contribution in [-0.2, 0) is 14.3 Å². The van der Waals surface area contributed by atoms with Gasteiger partial charge in [0.05, 0.1) is 7.11 Å². The Morgan fingerprint density at radius 3 is 2.60 bits per heavy atom. The molecule has 0 saturated carbocycles. The first-order chi connectivity index (χ1) is 9.23. The van der Waals surface area contributed by atoms with Crippen molar-refractivity contribution >= 4 is 11.9 Å². The summed E-state index contributed by atoms with van der Waals surface area (Å²) in [5.74, 6) is -0.474. The lowest BCUT2D eigenvalue weighted by Crippen LogP contribution is -2.23. The lowest BCUT2D eigenvalue weighted by molar-refractivity contribution is -0.155. The number of carbonyl (C=O) groups is 2. The highest BCUT2D eigenvalue weighted by Crippen LogP contribution is 2.21. The number of nitrogens with zero attached hydrogens (tertiary/aromatic N) is 1. The van der Waals surface area contributed by atoms with Gasteiger partial charge in [-0.25, -0.2) is 9.78 Å². The molecule has 0 aliphatic rings. The van der Waals surface area contributed by atoms with Crippen LogP contribution in [0.4, 0.5) is 0 Å². The Labute approximate surface area is 118 Å². The van der Waals surface area contributed by atoms with Gasteiger partial charge in [0, 0.05) is 12.3 Å². The Bertz CT molecular complexity index is 472. The maximum absolute atomic E-state index is 11.6. The topological polar surface area (TPSA) is 78.6 Å². The van der Waals surface area contributed by atoms with Gasteiger partial charge >= 0.3 is 11.9 Å². The van der Waals surface area contributed by atoms with Crippen molar-refractivity contribution in [3.05, 3.63) is 17.8 Å². The minimum atomic E-state index is -0.542. The van der Waals surface area contributed by atoms with E-state index in [1.54, 1.807) is 0 Å². The molecule has 1 aromatic heterocycles. The molecule has 0 aliphatic carbocycles. The average molecular weight is 283 g/mol. The summed E-state index contributed by atoms with van der Waals surface area (Å²) < 4.78 is 15.0. The predicted molar refractivity (Wildman–Crippen MR) is 71.3 cm³/mol. The van der Waals surface area contributed by atoms with E-state index in [2.05, 4.69) is 9.72 Å². The molecule has 6 heteroatoms. The van der Waals surface area contributed by atoms with Crippen LogP contribution in [0.15, 0.2) is 10.7 Å². The lowest BCUT2D eigenvalue weighted by atomic mass is 10.1. The molecule has 1 heterocycles. The van der Waals surface area contributed by atoms with Crippen molar-refractivity contribution in [1.29, 1.82) is 0 Å². The molecular formula is C14H21NO5. The highest BCUT2D eigenvalue weighted by Gasteiger charge is 2.20. The SMILES string of the molecule is COC(=O)c1coc([C@H](C)CCC(=O)OC(C)(C)C)n1. The highest BCUT2D eigenvalue weighted by atomic mass is 16.6. The van der Waals surface area contributed by atoms with Gasteiger partial charge in [0.15, 0.2) is 11.6 Å². The summed E-state index contributed by atoms with van der Waals surface area (Å²) in [5.41, 5.74) is -0.354. The van der Waals surface area contributed by atoms with E-state index in [9.17, 15) is 9.59 Å². The number of esters is 2. The van der Waals surface area contributed by atoms with Gasteiger partial charge in [-0.2, -0.15) is 0 Å². The van der Waals surface area contributed by atoms with Crippen molar-refractivity contribution in [2.24, 2.45) is 0 Å². The number of ether oxygens (including phenoxy) is 2. The molecule has 112 valence electrons. The molecule has 1 aromatic rings. The molecule has 0 radical (unpaired) electrons. The summed E-state index contributed by atoms with van der Waals surface area (Å²) in [4.78, 5) is 26.9. The van der Waals surface area contributed by atoms with Gasteiger partial charge in [-0.1, -0.05) is 6.92 Å². The van der Waals surface area contributed by atoms with Crippen molar-refractivity contribution in [3.63, 3.8) is 0 Å². The number of rotatable bonds is 5. The quantitative estimate of drug-likeness (QED) is 0.773. The number of carbonyl (C=O) groups excluding carboxylic acids is 2. The van der Waals surface area contributed by atoms with Crippen LogP contribution in [0, 0.1) is 0 Å². The van der Waals surface area contributed by atoms with Gasteiger partial charge < -0.3 is 13.9 Å². The fourth-order valence-electron chi connectivity index (χ4n) is 1.56. The van der Waals surface area contributed by atoms with Crippen molar-refractivity contribution < 1.29 is 23.5 Å². The summed E-state index contributed by atoms with van der Waals surface area (Å²) in [7, 11) is 1.28. The maximum Gasteiger partial charge on any atom is 0.360 e. The molecule has 1 atom stereocenters. The third-order valence-electron chi connectivity index (χ3n) is 2.54. The van der Waals surface area contributed by atoms with Gasteiger partial charge in [0.25, 0.3) is 0 Å². The smallest absolute Gasteiger partial charge is 0.360 e. The third-order valence-corrected chi connectivity index (χ3v) is 2.54. The van der Waals surface area contributed by atoms with E-state index in [1.807, 2.05) is 27.7 Å². The summed E-state index contributed by atoms with van der Waals surface area (Å²) in [6, 6.07) is 0. The largest absolute Gasteiger partial charge is 0.464 e. The zero-order chi connectivity index (χ0) is 15.3. The number of hydrogen-bond acceptors (Lipinski definition) is 6. The number of oxazole rings is 1. The Morgan fingerprint density at radius 1 is 1.40 bits per heavy atom. The van der Waals surface area contributed by atoms with Crippen LogP contribution in [0.25, 0.3) is 0 Å². The van der Waals surface area contributed by atoms with Gasteiger partial charge in [-0.15, -0.1) is 0 Å². The molecular weight excluding hydrogens is 262 g/mol. The van der Waals surface area contributed by atoms with E-state index < -0.39 is 11.6 Å². The van der Waals surface area contributed by atoms with Crippen molar-refractivity contribution in [2.75, 3.05) is 7.11 Å². The third kappa shape index (κ3) is 5.03. The second-order valence-electron chi connectivity index (χ2n) is 5.59. The van der Waals surface area contributed by atoms with E-state index in [0.29, 0.717) is 12.3 Å². The lowest BCUT2D eigenvalue weighted by Gasteiger charge is -2.19. The molecule has 20 heavy (non-hydrogen) atoms. The molecule has 6 nitrogen and oxygen atoms in total. The molecule has 0 aromatic carbocycles. The molecule has 0 N–H and O–H groups in total. The van der Waals surface area contributed by atoms with E-state index in [-0.39, 0.29) is 24.0 Å². The Balaban J connectivity index is 2.51. The Kier molecular flexibility index (Phi) is 5.30. The predicted octanol–water partition coefficient (Wildman–Crippen LogP) is 2.69. The Hall–Kier alpha value is -1.85. The first-order valence-corrected chi connectivity index (χ1v) is 6.48. The van der Waals surface area contributed by atoms with Crippen LogP contribution in [0.2, 0.25) is 0 Å². The minimum Gasteiger partial charge on any atom is -0.464 e. The van der Waals surface area contributed by atoms with Crippen molar-refractivity contribution in [3.8, 4) is 0 Å². The summed E-state index contributed by atoms with van der Waals surface area (Å²) in [6.45, 7) is 7.35. The van der Waals surface area contributed by atoms with Crippen LogP contribution in [0.1, 0.15) is 62.8 Å². The zero-order valence-corrected chi connectivity index (χ0v) is 12.6. The molecule has 0 aliphatic heterocycles. The van der Waals surface area contributed by atoms with Crippen molar-refractivity contribution in [1.82, 2.24) is 4.98 Å². The molecule has 0 unspecified atom stereocenters. The van der Waals surface area contributed by atoms with E-state index >= 15 is 0 Å². The van der Waals surface area contributed by atoms with Crippen LogP contribution >= 0.6 is 0 Å². The molecule has 1 rings (SSSR count). The molecule has 0 spiro atoms. The van der Waals surface area contributed by atoms with Crippen molar-refractivity contribution in [2.45, 2.75) is 52.1 Å². The second kappa shape index (κ2) is 6.54. The van der Waals surface area contributed by atoms with Crippen LogP contribution in [-0.4, -0.2) is 29.6 Å². The van der Waals surface area contributed by atoms with Crippen LogP contribution in [0.3, 0.4) is 0 Å². The molecule has 0 saturated heterocycles. The van der Waals surface area contributed by atoms with Crippen LogP contribution in [0.5, 0.6) is 0 Å². The summed E-state index contributed by atoms with van der Waals surface area (Å²) >= 11 is 0. The van der Waals surface area contributed by atoms with Gasteiger partial charge in [0.2, 0.25) is 0 Å². The maximum atomic E-state index is 11.6. The fourth-order valence-corrected chi connectivity index (χ4v) is 1.56. The van der Waals surface area contributed by atoms with Gasteiger partial charge in [0.1, 0.15) is 11.9 Å². The van der Waals surface area contributed by atoms with E-state index in [0.717, 1.165) is 0 Å². The minimum absolute atomic E-state index is 0.0825. The number of hydrogen-bond donors (Lipinski definition) is 0. The van der Waals surface area contributed by atoms with Gasteiger partial charge in [-0.05, 0) is 27.2 Å². The number of methoxy groups -OCH3 is 1. The average Bonchev–Trinajstić information content (AvgIpc) is 2.82. The highest BCUT2D eigenvalue weighted by molar-refractivity contribution is 5.86. The summed E-state index contributed by atoms with van der Waals surface area (Å²) in [6.07, 6.45) is 2.07. The first-order valence-electron chi connectivity index (χ1n) is 6.48. The fraction of sp³-hybridized carbons (Fsp3) is 0.643. The first kappa shape index (κ1) is 16.2. The van der Waals surface area contributed by atoms with Crippen LogP contribution < -0.4 is 0 Å². The van der Waals surface area contributed by atoms with E-state index in [4.69, 9.17) is 9.15 Å². The summed E-state index contributed by atoms with van der Waals surface area (Å²) in [5, 5.41) is 0. The van der Waals surface area contributed by atoms with Gasteiger partial charge in [-0.3, -0.25) is 4.79 Å². The molecule has 0 bridgehead atoms. The Morgan fingerprint density at radius 2 is 2.05 bits per heavy atom. The monoisotopic (exact) mass is 283 g/mol. The molecule has 0 amide bonds. The van der Waals surface area contributed by atoms with E-state index in [1.165, 1.54) is 13.4 Å². The normalized spacial score (nSPS) is 12.8. The zero-order valence-electron chi connectivity index (χ0n) is 12.6.